The van der Waals surface area contributed by atoms with Crippen LogP contribution in [-0.2, 0) is 46.2 Å². The number of Topliss-reactive ketones (excluding diaryl/α,β-unsaturated/α-hetero) is 1. The molecule has 3 aliphatic rings. The van der Waals surface area contributed by atoms with Crippen LogP contribution in [0.2, 0.25) is 72.5 Å². The van der Waals surface area contributed by atoms with Crippen molar-refractivity contribution < 1.29 is 51.3 Å². The molecule has 1 N–H and O–H groups in total. The number of ketones is 1. The maximum atomic E-state index is 15.5. The van der Waals surface area contributed by atoms with E-state index in [4.69, 9.17) is 36.7 Å². The number of epoxide rings is 1. The van der Waals surface area contributed by atoms with Gasteiger partial charge in [-0.15, -0.1) is 0 Å². The Morgan fingerprint density at radius 2 is 1.28 bits per heavy atom. The first-order valence-electron chi connectivity index (χ1n) is 27.4. The maximum absolute atomic E-state index is 15.5. The quantitative estimate of drug-likeness (QED) is 0.0686. The Kier molecular flexibility index (Phi) is 21.3. The average Bonchev–Trinajstić information content (AvgIpc) is 3.95. The number of carbonyl (C=O) groups is 2. The van der Waals surface area contributed by atoms with Gasteiger partial charge in [0.15, 0.2) is 45.2 Å². The van der Waals surface area contributed by atoms with Gasteiger partial charge in [-0.05, 0) is 98.9 Å². The molecule has 0 spiro atoms. The van der Waals surface area contributed by atoms with Gasteiger partial charge in [-0.3, -0.25) is 4.79 Å². The summed E-state index contributed by atoms with van der Waals surface area (Å²) in [6.07, 6.45) is 1.72. The summed E-state index contributed by atoms with van der Waals surface area (Å²) >= 11 is 0. The van der Waals surface area contributed by atoms with Crippen molar-refractivity contribution in [2.24, 2.45) is 35.5 Å². The van der Waals surface area contributed by atoms with Gasteiger partial charge in [0.2, 0.25) is 0 Å². The highest BCUT2D eigenvalue weighted by molar-refractivity contribution is 6.75. The Hall–Kier alpha value is -0.832. The molecule has 0 aromatic heterocycles. The van der Waals surface area contributed by atoms with E-state index in [1.807, 2.05) is 34.6 Å². The summed E-state index contributed by atoms with van der Waals surface area (Å²) in [7, 11) is -8.60. The predicted molar refractivity (Wildman–Crippen MR) is 301 cm³/mol. The van der Waals surface area contributed by atoms with E-state index in [0.717, 1.165) is 23.7 Å². The van der Waals surface area contributed by atoms with Gasteiger partial charge in [-0.2, -0.15) is 0 Å². The molecule has 0 amide bonds. The van der Waals surface area contributed by atoms with Crippen molar-refractivity contribution in [1.82, 2.24) is 0 Å². The lowest BCUT2D eigenvalue weighted by atomic mass is 9.75. The van der Waals surface area contributed by atoms with Crippen molar-refractivity contribution in [2.75, 3.05) is 13.7 Å². The first-order valence-corrected chi connectivity index (χ1v) is 38.7. The number of ether oxygens (including phenoxy) is 4. The Balaban J connectivity index is 2.59. The van der Waals surface area contributed by atoms with E-state index < -0.39 is 111 Å². The molecule has 15 heteroatoms. The SMILES string of the molecule is C/C=C\[C@H](C)[C@H]1O[C@@]1(C)[C@@H](O[Si](C)(C)C(C)(C)C)[C@H]1COC(=O)C(O[Si](C)(C)C(C)(C)C)[C@@H](OC)[C@H](C)C(=O)[C@H](C)[C@@H](O[Si](C)(C)C(C)(C)C)/C(C)=C/[C@H](C)[C@@]2(O)C[C@H](O[Si](CC)(CC)CC)[C@@H](C)[C@@H]1O2. The van der Waals surface area contributed by atoms with Crippen LogP contribution in [0.25, 0.3) is 0 Å². The normalized spacial score (nSPS) is 35.5. The van der Waals surface area contributed by atoms with Crippen molar-refractivity contribution >= 4 is 45.0 Å². The summed E-state index contributed by atoms with van der Waals surface area (Å²) in [5.74, 6) is -5.32. The fourth-order valence-corrected chi connectivity index (χ4v) is 17.3. The molecular weight excluding hydrogens is 961 g/mol. The molecule has 2 bridgehead atoms. The van der Waals surface area contributed by atoms with Gasteiger partial charge in [0.25, 0.3) is 0 Å². The second kappa shape index (κ2) is 23.4. The van der Waals surface area contributed by atoms with Gasteiger partial charge in [0, 0.05) is 49.0 Å². The van der Waals surface area contributed by atoms with Crippen LogP contribution in [0.4, 0.5) is 0 Å². The molecule has 2 fully saturated rings. The van der Waals surface area contributed by atoms with Crippen molar-refractivity contribution in [3.63, 3.8) is 0 Å². The number of aliphatic hydroxyl groups is 1. The first kappa shape index (κ1) is 64.5. The van der Waals surface area contributed by atoms with E-state index in [9.17, 15) is 5.11 Å². The van der Waals surface area contributed by atoms with Gasteiger partial charge in [-0.25, -0.2) is 4.79 Å². The van der Waals surface area contributed by atoms with Crippen molar-refractivity contribution in [3.8, 4) is 0 Å². The van der Waals surface area contributed by atoms with E-state index in [0.29, 0.717) is 0 Å². The number of carbonyl (C=O) groups excluding carboxylic acids is 2. The summed E-state index contributed by atoms with van der Waals surface area (Å²) in [5, 5.41) is 12.9. The van der Waals surface area contributed by atoms with E-state index in [1.165, 1.54) is 0 Å². The average molecular weight is 1070 g/mol. The monoisotopic (exact) mass is 1070 g/mol. The Morgan fingerprint density at radius 1 is 0.789 bits per heavy atom. The molecule has 3 aliphatic heterocycles. The zero-order chi connectivity index (χ0) is 55.1. The van der Waals surface area contributed by atoms with Gasteiger partial charge < -0.3 is 41.8 Å². The minimum atomic E-state index is -2.73. The molecule has 3 heterocycles. The largest absolute Gasteiger partial charge is 0.463 e. The van der Waals surface area contributed by atoms with Crippen molar-refractivity contribution in [2.45, 2.75) is 272 Å². The summed E-state index contributed by atoms with van der Waals surface area (Å²) in [6.45, 7) is 55.6. The fourth-order valence-electron chi connectivity index (χ4n) is 10.3. The van der Waals surface area contributed by atoms with Gasteiger partial charge in [0.05, 0.1) is 37.1 Å². The van der Waals surface area contributed by atoms with Gasteiger partial charge in [0.1, 0.15) is 17.5 Å². The third kappa shape index (κ3) is 14.2. The summed E-state index contributed by atoms with van der Waals surface area (Å²) in [6, 6.07) is 2.80. The second-order valence-electron chi connectivity index (χ2n) is 27.1. The highest BCUT2D eigenvalue weighted by Crippen LogP contribution is 2.54. The molecule has 0 aromatic carbocycles. The topological polar surface area (TPSA) is 132 Å². The maximum Gasteiger partial charge on any atom is 0.336 e. The third-order valence-electron chi connectivity index (χ3n) is 18.9. The van der Waals surface area contributed by atoms with E-state index >= 15 is 9.59 Å². The summed E-state index contributed by atoms with van der Waals surface area (Å²) in [5.41, 5.74) is 0.0276. The van der Waals surface area contributed by atoms with Crippen LogP contribution < -0.4 is 0 Å². The van der Waals surface area contributed by atoms with E-state index in [-0.39, 0.29) is 51.9 Å². The second-order valence-corrected chi connectivity index (χ2v) is 46.1. The number of fused-ring (bicyclic) bond motifs is 2. The standard InChI is InChI=1S/C56H108O11Si4/c1-28-32-36(5)49-55(20,63-49)50(67-70(26,27)54(17,18)19)42-35-61-51(58)48(66-69(24,25)53(14,15)16)47(60-21)41(10)44(57)40(9)45(65-68(22,23)52(11,12)13)37(6)33-38(7)56(59)34-43(39(8)46(42)62-56)64-71(29-2,30-3)31-4/h28,32-33,36,38-43,45-50,59H,29-31,34-35H2,1-27H3/b32-28-,37-33+/t36-,38-,39+,40-,41+,42-,43-,45-,46-,47-,48?,49+,50-,55+,56+/m0/s1. The van der Waals surface area contributed by atoms with Crippen LogP contribution in [0.3, 0.4) is 0 Å². The highest BCUT2D eigenvalue weighted by atomic mass is 28.4. The highest BCUT2D eigenvalue weighted by Gasteiger charge is 2.66. The molecule has 71 heavy (non-hydrogen) atoms. The van der Waals surface area contributed by atoms with E-state index in [1.54, 1.807) is 7.11 Å². The number of allylic oxidation sites excluding steroid dienone is 1. The smallest absolute Gasteiger partial charge is 0.336 e. The summed E-state index contributed by atoms with van der Waals surface area (Å²) < 4.78 is 57.0. The zero-order valence-electron chi connectivity index (χ0n) is 50.3. The molecule has 414 valence electrons. The molecule has 0 saturated carbocycles. The van der Waals surface area contributed by atoms with Gasteiger partial charge in [-0.1, -0.05) is 136 Å². The predicted octanol–water partition coefficient (Wildman–Crippen LogP) is 13.6. The molecule has 1 unspecified atom stereocenters. The molecule has 0 aliphatic carbocycles. The summed E-state index contributed by atoms with van der Waals surface area (Å²) in [4.78, 5) is 30.7. The number of esters is 1. The van der Waals surface area contributed by atoms with Crippen LogP contribution in [0.15, 0.2) is 23.8 Å². The number of hydrogen-bond acceptors (Lipinski definition) is 11. The molecular formula is C56H108O11Si4. The molecule has 2 saturated heterocycles. The minimum absolute atomic E-state index is 0.0631. The van der Waals surface area contributed by atoms with Crippen molar-refractivity contribution in [1.29, 1.82) is 0 Å². The zero-order valence-corrected chi connectivity index (χ0v) is 54.3. The molecule has 3 rings (SSSR count). The molecule has 0 radical (unpaired) electrons. The van der Waals surface area contributed by atoms with Crippen LogP contribution in [0.1, 0.15) is 145 Å². The number of cyclic esters (lactones) is 1. The third-order valence-corrected chi connectivity index (χ3v) is 37.0. The Labute approximate surface area is 438 Å². The fraction of sp³-hybridized carbons (Fsp3) is 0.893. The molecule has 11 nitrogen and oxygen atoms in total. The molecule has 0 aromatic rings. The number of methoxy groups -OCH3 is 1. The Bertz CT molecular complexity index is 1840. The Morgan fingerprint density at radius 3 is 1.73 bits per heavy atom. The van der Waals surface area contributed by atoms with Crippen LogP contribution >= 0.6 is 0 Å². The lowest BCUT2D eigenvalue weighted by molar-refractivity contribution is -0.317. The van der Waals surface area contributed by atoms with Crippen LogP contribution in [-0.4, -0.2) is 118 Å². The number of rotatable bonds is 16. The van der Waals surface area contributed by atoms with Crippen LogP contribution in [0.5, 0.6) is 0 Å². The minimum Gasteiger partial charge on any atom is -0.463 e. The van der Waals surface area contributed by atoms with Crippen molar-refractivity contribution in [3.05, 3.63) is 23.8 Å². The van der Waals surface area contributed by atoms with Crippen LogP contribution in [0, 0.1) is 35.5 Å². The first-order chi connectivity index (χ1) is 32.1. The molecule has 15 atom stereocenters. The number of hydrogen-bond donors (Lipinski definition) is 1. The van der Waals surface area contributed by atoms with E-state index in [2.05, 4.69) is 161 Å². The van der Waals surface area contributed by atoms with Gasteiger partial charge >= 0.3 is 5.97 Å². The lowest BCUT2D eigenvalue weighted by Gasteiger charge is -2.53. The lowest BCUT2D eigenvalue weighted by Crippen LogP contribution is -2.63.